The predicted octanol–water partition coefficient (Wildman–Crippen LogP) is 4.60. The van der Waals surface area contributed by atoms with E-state index in [1.54, 1.807) is 0 Å². The average molecular weight is 347 g/mol. The monoisotopic (exact) mass is 346 g/mol. The molecule has 9 heteroatoms. The van der Waals surface area contributed by atoms with E-state index in [-0.39, 0.29) is 22.1 Å². The van der Waals surface area contributed by atoms with Crippen LogP contribution in [-0.4, -0.2) is 8.75 Å². The third kappa shape index (κ3) is 2.48. The van der Waals surface area contributed by atoms with Crippen LogP contribution in [0.1, 0.15) is 0 Å². The Morgan fingerprint density at radius 3 is 2.24 bits per heavy atom. The lowest BCUT2D eigenvalue weighted by Crippen LogP contribution is -2.01. The molecule has 2 aromatic carbocycles. The number of hydrogen-bond acceptors (Lipinski definition) is 5. The highest BCUT2D eigenvalue weighted by atomic mass is 35.5. The number of benzene rings is 2. The van der Waals surface area contributed by atoms with Gasteiger partial charge >= 0.3 is 0 Å². The fraction of sp³-hybridized carbons (Fsp3) is 0. The molecule has 0 amide bonds. The molecule has 3 N–H and O–H groups in total. The molecular formula is C12H6Cl2F2N4S. The van der Waals surface area contributed by atoms with Crippen molar-refractivity contribution in [2.75, 3.05) is 11.1 Å². The van der Waals surface area contributed by atoms with E-state index in [2.05, 4.69) is 14.1 Å². The fourth-order valence-electron chi connectivity index (χ4n) is 1.83. The van der Waals surface area contributed by atoms with Gasteiger partial charge in [0.2, 0.25) is 0 Å². The van der Waals surface area contributed by atoms with E-state index in [1.807, 2.05) is 0 Å². The molecule has 21 heavy (non-hydrogen) atoms. The van der Waals surface area contributed by atoms with Crippen molar-refractivity contribution in [2.24, 2.45) is 0 Å². The van der Waals surface area contributed by atoms with Gasteiger partial charge in [-0.25, -0.2) is 8.78 Å². The maximum atomic E-state index is 13.8. The van der Waals surface area contributed by atoms with Crippen LogP contribution in [0, 0.1) is 11.6 Å². The van der Waals surface area contributed by atoms with Gasteiger partial charge in [0.1, 0.15) is 16.7 Å². The molecule has 0 fully saturated rings. The molecule has 108 valence electrons. The SMILES string of the molecule is Nc1cc(F)c(Nc2c(Cl)cc(Cl)c3nsnc23)c(F)c1. The van der Waals surface area contributed by atoms with Gasteiger partial charge in [0.15, 0.2) is 11.6 Å². The third-order valence-corrected chi connectivity index (χ3v) is 3.87. The molecule has 0 aliphatic heterocycles. The van der Waals surface area contributed by atoms with Crippen molar-refractivity contribution in [1.29, 1.82) is 0 Å². The molecule has 0 bridgehead atoms. The smallest absolute Gasteiger partial charge is 0.151 e. The van der Waals surface area contributed by atoms with Gasteiger partial charge in [0.05, 0.1) is 27.5 Å². The van der Waals surface area contributed by atoms with E-state index >= 15 is 0 Å². The van der Waals surface area contributed by atoms with Crippen molar-refractivity contribution in [3.8, 4) is 0 Å². The summed E-state index contributed by atoms with van der Waals surface area (Å²) >= 11 is 13.0. The van der Waals surface area contributed by atoms with Crippen LogP contribution in [0.3, 0.4) is 0 Å². The van der Waals surface area contributed by atoms with Crippen molar-refractivity contribution in [3.63, 3.8) is 0 Å². The van der Waals surface area contributed by atoms with Gasteiger partial charge in [0.25, 0.3) is 0 Å². The van der Waals surface area contributed by atoms with E-state index in [0.717, 1.165) is 23.9 Å². The van der Waals surface area contributed by atoms with Gasteiger partial charge in [-0.15, -0.1) is 0 Å². The summed E-state index contributed by atoms with van der Waals surface area (Å²) in [5, 5.41) is 3.09. The Hall–Kier alpha value is -1.70. The van der Waals surface area contributed by atoms with Gasteiger partial charge < -0.3 is 11.1 Å². The summed E-state index contributed by atoms with van der Waals surface area (Å²) in [5.41, 5.74) is 5.96. The molecule has 0 aliphatic carbocycles. The number of nitrogens with one attached hydrogen (secondary N) is 1. The first-order chi connectivity index (χ1) is 9.97. The van der Waals surface area contributed by atoms with E-state index in [4.69, 9.17) is 28.9 Å². The summed E-state index contributed by atoms with van der Waals surface area (Å²) in [5.74, 6) is -1.68. The molecular weight excluding hydrogens is 341 g/mol. The van der Waals surface area contributed by atoms with Crippen molar-refractivity contribution < 1.29 is 8.78 Å². The zero-order valence-electron chi connectivity index (χ0n) is 10.1. The summed E-state index contributed by atoms with van der Waals surface area (Å²) in [7, 11) is 0. The van der Waals surface area contributed by atoms with Crippen molar-refractivity contribution in [2.45, 2.75) is 0 Å². The Morgan fingerprint density at radius 2 is 1.57 bits per heavy atom. The first-order valence-electron chi connectivity index (χ1n) is 5.59. The summed E-state index contributed by atoms with van der Waals surface area (Å²) in [4.78, 5) is 0. The van der Waals surface area contributed by atoms with Crippen LogP contribution in [-0.2, 0) is 0 Å². The maximum absolute atomic E-state index is 13.8. The third-order valence-electron chi connectivity index (χ3n) is 2.76. The Morgan fingerprint density at radius 1 is 0.952 bits per heavy atom. The second-order valence-electron chi connectivity index (χ2n) is 4.16. The molecule has 0 radical (unpaired) electrons. The Balaban J connectivity index is 2.17. The van der Waals surface area contributed by atoms with Gasteiger partial charge in [-0.3, -0.25) is 0 Å². The van der Waals surface area contributed by atoms with Crippen molar-refractivity contribution in [1.82, 2.24) is 8.75 Å². The lowest BCUT2D eigenvalue weighted by atomic mass is 10.2. The minimum absolute atomic E-state index is 0.0155. The minimum Gasteiger partial charge on any atom is -0.399 e. The van der Waals surface area contributed by atoms with E-state index in [9.17, 15) is 8.78 Å². The highest BCUT2D eigenvalue weighted by Crippen LogP contribution is 2.38. The maximum Gasteiger partial charge on any atom is 0.151 e. The lowest BCUT2D eigenvalue weighted by Gasteiger charge is -2.12. The Labute approximate surface area is 131 Å². The zero-order valence-corrected chi connectivity index (χ0v) is 12.5. The van der Waals surface area contributed by atoms with Crippen LogP contribution in [0.2, 0.25) is 10.0 Å². The van der Waals surface area contributed by atoms with Crippen LogP contribution < -0.4 is 11.1 Å². The standard InChI is InChI=1S/C12H6Cl2F2N4S/c13-5-3-6(14)10-12(20-21-19-10)9(5)18-11-7(15)1-4(17)2-8(11)16/h1-3,18H,17H2. The molecule has 1 heterocycles. The van der Waals surface area contributed by atoms with Gasteiger partial charge in [-0.2, -0.15) is 8.75 Å². The molecule has 0 saturated carbocycles. The van der Waals surface area contributed by atoms with E-state index in [1.165, 1.54) is 6.07 Å². The number of nitrogen functional groups attached to an aromatic ring is 1. The van der Waals surface area contributed by atoms with Gasteiger partial charge in [-0.05, 0) is 18.2 Å². The Bertz CT molecular complexity index is 830. The zero-order chi connectivity index (χ0) is 15.1. The molecule has 1 aromatic heterocycles. The molecule has 0 unspecified atom stereocenters. The summed E-state index contributed by atoms with van der Waals surface area (Å²) in [6.45, 7) is 0. The number of rotatable bonds is 2. The summed E-state index contributed by atoms with van der Waals surface area (Å²) in [6.07, 6.45) is 0. The number of aromatic nitrogens is 2. The quantitative estimate of drug-likeness (QED) is 0.665. The second kappa shape index (κ2) is 5.25. The number of nitrogens with zero attached hydrogens (tertiary/aromatic N) is 2. The molecule has 0 aliphatic rings. The summed E-state index contributed by atoms with van der Waals surface area (Å²) < 4.78 is 35.8. The fourth-order valence-corrected chi connectivity index (χ4v) is 2.99. The molecule has 0 spiro atoms. The first-order valence-corrected chi connectivity index (χ1v) is 7.08. The highest BCUT2D eigenvalue weighted by molar-refractivity contribution is 7.00. The van der Waals surface area contributed by atoms with Crippen LogP contribution in [0.15, 0.2) is 18.2 Å². The van der Waals surface area contributed by atoms with Gasteiger partial charge in [0, 0.05) is 5.69 Å². The highest BCUT2D eigenvalue weighted by Gasteiger charge is 2.18. The van der Waals surface area contributed by atoms with Gasteiger partial charge in [-0.1, -0.05) is 23.2 Å². The molecule has 0 saturated heterocycles. The lowest BCUT2D eigenvalue weighted by molar-refractivity contribution is 0.592. The van der Waals surface area contributed by atoms with Crippen molar-refractivity contribution >= 4 is 63.0 Å². The van der Waals surface area contributed by atoms with Crippen LogP contribution in [0.25, 0.3) is 11.0 Å². The molecule has 3 rings (SSSR count). The molecule has 4 nitrogen and oxygen atoms in total. The average Bonchev–Trinajstić information content (AvgIpc) is 2.86. The number of anilines is 3. The first kappa shape index (κ1) is 14.2. The topological polar surface area (TPSA) is 63.8 Å². The number of nitrogens with two attached hydrogens (primary N) is 1. The Kier molecular flexibility index (Phi) is 3.56. The van der Waals surface area contributed by atoms with Crippen LogP contribution >= 0.6 is 34.9 Å². The number of fused-ring (bicyclic) bond motifs is 1. The minimum atomic E-state index is -0.838. The predicted molar refractivity (Wildman–Crippen MR) is 81.5 cm³/mol. The molecule has 3 aromatic rings. The molecule has 0 atom stereocenters. The second-order valence-corrected chi connectivity index (χ2v) is 5.50. The number of hydrogen-bond donors (Lipinski definition) is 2. The van der Waals surface area contributed by atoms with Crippen LogP contribution in [0.5, 0.6) is 0 Å². The van der Waals surface area contributed by atoms with E-state index in [0.29, 0.717) is 16.1 Å². The van der Waals surface area contributed by atoms with E-state index < -0.39 is 11.6 Å². The summed E-state index contributed by atoms with van der Waals surface area (Å²) in [6, 6.07) is 3.44. The number of halogens is 4. The normalized spacial score (nSPS) is 11.0. The van der Waals surface area contributed by atoms with Crippen molar-refractivity contribution in [3.05, 3.63) is 39.9 Å². The van der Waals surface area contributed by atoms with Crippen LogP contribution in [0.4, 0.5) is 25.8 Å². The largest absolute Gasteiger partial charge is 0.399 e.